The van der Waals surface area contributed by atoms with Crippen LogP contribution < -0.4 is 10.1 Å². The third-order valence-corrected chi connectivity index (χ3v) is 4.08. The standard InChI is InChI=1S/C21H23N3O4/c1-14-17(19(24-28-14)15-7-5-4-6-8-15)12-27-18-10-9-16(11-22-18)20(25)23-13-21(2,3)26/h4-11,26H,12-13H2,1-3H3,(H,23,25). The predicted octanol–water partition coefficient (Wildman–Crippen LogP) is 3.12. The Balaban J connectivity index is 1.65. The second kappa shape index (κ2) is 8.22. The van der Waals surface area contributed by atoms with Gasteiger partial charge in [-0.25, -0.2) is 4.98 Å². The maximum absolute atomic E-state index is 12.1. The van der Waals surface area contributed by atoms with Gasteiger partial charge in [0.15, 0.2) is 0 Å². The summed E-state index contributed by atoms with van der Waals surface area (Å²) in [4.78, 5) is 16.2. The molecule has 7 heteroatoms. The van der Waals surface area contributed by atoms with Crippen molar-refractivity contribution in [2.45, 2.75) is 33.0 Å². The van der Waals surface area contributed by atoms with Gasteiger partial charge in [-0.15, -0.1) is 0 Å². The summed E-state index contributed by atoms with van der Waals surface area (Å²) in [6.45, 7) is 5.48. The monoisotopic (exact) mass is 381 g/mol. The number of nitrogens with one attached hydrogen (secondary N) is 1. The number of aromatic nitrogens is 2. The van der Waals surface area contributed by atoms with Crippen LogP contribution in [-0.4, -0.2) is 33.3 Å². The molecule has 146 valence electrons. The highest BCUT2D eigenvalue weighted by Crippen LogP contribution is 2.26. The molecule has 1 amide bonds. The molecular weight excluding hydrogens is 358 g/mol. The number of hydrogen-bond acceptors (Lipinski definition) is 6. The molecule has 0 aliphatic rings. The van der Waals surface area contributed by atoms with E-state index >= 15 is 0 Å². The first-order valence-corrected chi connectivity index (χ1v) is 8.93. The summed E-state index contributed by atoms with van der Waals surface area (Å²) in [7, 11) is 0. The summed E-state index contributed by atoms with van der Waals surface area (Å²) < 4.78 is 11.1. The van der Waals surface area contributed by atoms with Gasteiger partial charge in [-0.1, -0.05) is 35.5 Å². The Bertz CT molecular complexity index is 929. The SMILES string of the molecule is Cc1onc(-c2ccccc2)c1COc1ccc(C(=O)NCC(C)(C)O)cn1. The molecule has 0 unspecified atom stereocenters. The molecule has 3 aromatic rings. The lowest BCUT2D eigenvalue weighted by atomic mass is 10.1. The van der Waals surface area contributed by atoms with Gasteiger partial charge in [0.25, 0.3) is 5.91 Å². The van der Waals surface area contributed by atoms with E-state index in [9.17, 15) is 9.90 Å². The lowest BCUT2D eigenvalue weighted by Crippen LogP contribution is -2.38. The number of rotatable bonds is 7. The average Bonchev–Trinajstić information content (AvgIpc) is 3.05. The molecule has 3 rings (SSSR count). The van der Waals surface area contributed by atoms with Gasteiger partial charge in [-0.05, 0) is 26.8 Å². The molecule has 0 bridgehead atoms. The van der Waals surface area contributed by atoms with Crippen molar-refractivity contribution in [3.63, 3.8) is 0 Å². The molecule has 0 atom stereocenters. The van der Waals surface area contributed by atoms with E-state index in [4.69, 9.17) is 9.26 Å². The van der Waals surface area contributed by atoms with Gasteiger partial charge in [-0.3, -0.25) is 4.79 Å². The first-order chi connectivity index (χ1) is 13.3. The van der Waals surface area contributed by atoms with Crippen LogP contribution in [0.15, 0.2) is 53.2 Å². The van der Waals surface area contributed by atoms with E-state index in [1.54, 1.807) is 26.0 Å². The summed E-state index contributed by atoms with van der Waals surface area (Å²) in [5, 5.41) is 16.5. The van der Waals surface area contributed by atoms with E-state index < -0.39 is 5.60 Å². The number of amides is 1. The third-order valence-electron chi connectivity index (χ3n) is 4.08. The number of ether oxygens (including phenoxy) is 1. The Morgan fingerprint density at radius 1 is 1.21 bits per heavy atom. The van der Waals surface area contributed by atoms with E-state index in [2.05, 4.69) is 15.5 Å². The van der Waals surface area contributed by atoms with Crippen LogP contribution >= 0.6 is 0 Å². The Kier molecular flexibility index (Phi) is 5.75. The molecule has 0 spiro atoms. The number of hydrogen-bond donors (Lipinski definition) is 2. The molecule has 2 aromatic heterocycles. The maximum atomic E-state index is 12.1. The van der Waals surface area contributed by atoms with Gasteiger partial charge in [-0.2, -0.15) is 0 Å². The van der Waals surface area contributed by atoms with Gasteiger partial charge in [0.2, 0.25) is 5.88 Å². The number of carbonyl (C=O) groups is 1. The predicted molar refractivity (Wildman–Crippen MR) is 104 cm³/mol. The number of pyridine rings is 1. The fourth-order valence-electron chi connectivity index (χ4n) is 2.53. The molecule has 1 aromatic carbocycles. The zero-order chi connectivity index (χ0) is 20.1. The van der Waals surface area contributed by atoms with E-state index in [0.29, 0.717) is 17.2 Å². The van der Waals surface area contributed by atoms with Gasteiger partial charge < -0.3 is 19.7 Å². The Hall–Kier alpha value is -3.19. The highest BCUT2D eigenvalue weighted by Gasteiger charge is 2.17. The Labute approximate surface area is 163 Å². The van der Waals surface area contributed by atoms with Crippen molar-refractivity contribution < 1.29 is 19.2 Å². The summed E-state index contributed by atoms with van der Waals surface area (Å²) in [5.41, 5.74) is 1.95. The number of aliphatic hydroxyl groups is 1. The molecule has 0 saturated heterocycles. The summed E-state index contributed by atoms with van der Waals surface area (Å²) in [6, 6.07) is 13.0. The van der Waals surface area contributed by atoms with Crippen molar-refractivity contribution >= 4 is 5.91 Å². The topological polar surface area (TPSA) is 97.5 Å². The molecular formula is C21H23N3O4. The van der Waals surface area contributed by atoms with Crippen LogP contribution in [0.1, 0.15) is 35.5 Å². The summed E-state index contributed by atoms with van der Waals surface area (Å²) >= 11 is 0. The molecule has 0 fully saturated rings. The van der Waals surface area contributed by atoms with Crippen molar-refractivity contribution in [1.82, 2.24) is 15.5 Å². The zero-order valence-corrected chi connectivity index (χ0v) is 16.1. The van der Waals surface area contributed by atoms with E-state index in [0.717, 1.165) is 16.8 Å². The van der Waals surface area contributed by atoms with E-state index in [-0.39, 0.29) is 19.1 Å². The first kappa shape index (κ1) is 19.6. The fourth-order valence-corrected chi connectivity index (χ4v) is 2.53. The van der Waals surface area contributed by atoms with Crippen molar-refractivity contribution in [2.75, 3.05) is 6.54 Å². The fraction of sp³-hybridized carbons (Fsp3) is 0.286. The van der Waals surface area contributed by atoms with E-state index in [1.807, 2.05) is 37.3 Å². The molecule has 7 nitrogen and oxygen atoms in total. The quantitative estimate of drug-likeness (QED) is 0.653. The smallest absolute Gasteiger partial charge is 0.252 e. The summed E-state index contributed by atoms with van der Waals surface area (Å²) in [6.07, 6.45) is 1.44. The minimum atomic E-state index is -0.973. The van der Waals surface area contributed by atoms with Crippen LogP contribution in [0.2, 0.25) is 0 Å². The van der Waals surface area contributed by atoms with Crippen molar-refractivity contribution in [3.8, 4) is 17.1 Å². The second-order valence-corrected chi connectivity index (χ2v) is 7.10. The van der Waals surface area contributed by atoms with Gasteiger partial charge in [0, 0.05) is 24.4 Å². The third kappa shape index (κ3) is 4.95. The highest BCUT2D eigenvalue weighted by atomic mass is 16.5. The van der Waals surface area contributed by atoms with Crippen molar-refractivity contribution in [2.24, 2.45) is 0 Å². The zero-order valence-electron chi connectivity index (χ0n) is 16.1. The van der Waals surface area contributed by atoms with Gasteiger partial charge in [0.05, 0.1) is 16.7 Å². The van der Waals surface area contributed by atoms with Crippen LogP contribution in [0, 0.1) is 6.92 Å². The Morgan fingerprint density at radius 3 is 2.61 bits per heavy atom. The maximum Gasteiger partial charge on any atom is 0.252 e. The minimum absolute atomic E-state index is 0.152. The molecule has 2 heterocycles. The molecule has 0 radical (unpaired) electrons. The average molecular weight is 381 g/mol. The largest absolute Gasteiger partial charge is 0.473 e. The number of carbonyl (C=O) groups excluding carboxylic acids is 1. The molecule has 0 aliphatic carbocycles. The molecule has 0 aliphatic heterocycles. The lowest BCUT2D eigenvalue weighted by Gasteiger charge is -2.17. The van der Waals surface area contributed by atoms with Crippen LogP contribution in [0.3, 0.4) is 0 Å². The Morgan fingerprint density at radius 2 is 1.96 bits per heavy atom. The van der Waals surface area contributed by atoms with Crippen LogP contribution in [0.4, 0.5) is 0 Å². The highest BCUT2D eigenvalue weighted by molar-refractivity contribution is 5.93. The normalized spacial score (nSPS) is 11.3. The molecule has 0 saturated carbocycles. The van der Waals surface area contributed by atoms with E-state index in [1.165, 1.54) is 6.20 Å². The van der Waals surface area contributed by atoms with Gasteiger partial charge >= 0.3 is 0 Å². The van der Waals surface area contributed by atoms with Crippen LogP contribution in [-0.2, 0) is 6.61 Å². The first-order valence-electron chi connectivity index (χ1n) is 8.93. The van der Waals surface area contributed by atoms with Crippen LogP contribution in [0.25, 0.3) is 11.3 Å². The van der Waals surface area contributed by atoms with Crippen molar-refractivity contribution in [1.29, 1.82) is 0 Å². The van der Waals surface area contributed by atoms with Gasteiger partial charge in [0.1, 0.15) is 18.1 Å². The number of nitrogens with zero attached hydrogens (tertiary/aromatic N) is 2. The number of aryl methyl sites for hydroxylation is 1. The number of benzene rings is 1. The molecule has 2 N–H and O–H groups in total. The lowest BCUT2D eigenvalue weighted by molar-refractivity contribution is 0.0694. The minimum Gasteiger partial charge on any atom is -0.473 e. The van der Waals surface area contributed by atoms with Crippen molar-refractivity contribution in [3.05, 3.63) is 65.5 Å². The second-order valence-electron chi connectivity index (χ2n) is 7.10. The summed E-state index contributed by atoms with van der Waals surface area (Å²) in [5.74, 6) is 0.766. The van der Waals surface area contributed by atoms with Crippen LogP contribution in [0.5, 0.6) is 5.88 Å². The molecule has 28 heavy (non-hydrogen) atoms.